The molecular formula is C24H31N3O2. The zero-order chi connectivity index (χ0) is 20.6. The van der Waals surface area contributed by atoms with Crippen molar-refractivity contribution in [1.29, 1.82) is 0 Å². The van der Waals surface area contributed by atoms with Gasteiger partial charge in [0.05, 0.1) is 0 Å². The van der Waals surface area contributed by atoms with Crippen LogP contribution in [0.3, 0.4) is 0 Å². The van der Waals surface area contributed by atoms with Gasteiger partial charge >= 0.3 is 0 Å². The number of nitrogens with one attached hydrogen (secondary N) is 1. The summed E-state index contributed by atoms with van der Waals surface area (Å²) in [6.07, 6.45) is 2.55. The van der Waals surface area contributed by atoms with Gasteiger partial charge < -0.3 is 10.2 Å². The van der Waals surface area contributed by atoms with Gasteiger partial charge in [-0.1, -0.05) is 42.5 Å². The molecule has 29 heavy (non-hydrogen) atoms. The molecule has 1 aliphatic rings. The van der Waals surface area contributed by atoms with Crippen LogP contribution in [0.25, 0.3) is 0 Å². The van der Waals surface area contributed by atoms with Gasteiger partial charge in [0.1, 0.15) is 0 Å². The molecule has 1 heterocycles. The Hall–Kier alpha value is -2.66. The van der Waals surface area contributed by atoms with Crippen molar-refractivity contribution in [2.24, 2.45) is 5.92 Å². The monoisotopic (exact) mass is 393 g/mol. The van der Waals surface area contributed by atoms with Crippen molar-refractivity contribution in [2.45, 2.75) is 25.8 Å². The third-order valence-corrected chi connectivity index (χ3v) is 5.50. The lowest BCUT2D eigenvalue weighted by atomic mass is 9.95. The third kappa shape index (κ3) is 6.16. The molecule has 0 bridgehead atoms. The normalized spacial score (nSPS) is 15.1. The fourth-order valence-corrected chi connectivity index (χ4v) is 3.79. The number of carbonyl (C=O) groups is 2. The number of piperidine rings is 1. The van der Waals surface area contributed by atoms with E-state index in [4.69, 9.17) is 0 Å². The molecule has 0 aromatic heterocycles. The Kier molecular flexibility index (Phi) is 7.42. The number of likely N-dealkylation sites (tertiary alicyclic amines) is 1. The summed E-state index contributed by atoms with van der Waals surface area (Å²) in [5.41, 5.74) is 3.07. The first-order valence-corrected chi connectivity index (χ1v) is 10.4. The Morgan fingerprint density at radius 2 is 1.69 bits per heavy atom. The molecule has 1 N–H and O–H groups in total. The summed E-state index contributed by atoms with van der Waals surface area (Å²) in [6, 6.07) is 18.1. The molecule has 2 aromatic carbocycles. The fourth-order valence-electron chi connectivity index (χ4n) is 3.79. The largest absolute Gasteiger partial charge is 0.356 e. The summed E-state index contributed by atoms with van der Waals surface area (Å²) in [6.45, 7) is 3.48. The van der Waals surface area contributed by atoms with E-state index in [1.807, 2.05) is 30.3 Å². The van der Waals surface area contributed by atoms with Gasteiger partial charge in [0.2, 0.25) is 5.91 Å². The van der Waals surface area contributed by atoms with Crippen LogP contribution in [0.15, 0.2) is 54.6 Å². The topological polar surface area (TPSA) is 52.7 Å². The summed E-state index contributed by atoms with van der Waals surface area (Å²) >= 11 is 0. The molecule has 0 atom stereocenters. The van der Waals surface area contributed by atoms with E-state index in [0.717, 1.165) is 44.5 Å². The van der Waals surface area contributed by atoms with Crippen LogP contribution in [-0.2, 0) is 17.8 Å². The van der Waals surface area contributed by atoms with Crippen molar-refractivity contribution >= 4 is 11.8 Å². The van der Waals surface area contributed by atoms with Crippen LogP contribution in [0.1, 0.15) is 34.3 Å². The van der Waals surface area contributed by atoms with Crippen LogP contribution in [0.4, 0.5) is 0 Å². The second-order valence-electron chi connectivity index (χ2n) is 7.98. The maximum absolute atomic E-state index is 12.5. The third-order valence-electron chi connectivity index (χ3n) is 5.50. The summed E-state index contributed by atoms with van der Waals surface area (Å²) < 4.78 is 0. The first-order chi connectivity index (χ1) is 14.0. The highest BCUT2D eigenvalue weighted by molar-refractivity contribution is 5.94. The molecule has 0 spiro atoms. The molecule has 5 nitrogen and oxygen atoms in total. The molecule has 2 aromatic rings. The Labute approximate surface area is 173 Å². The van der Waals surface area contributed by atoms with Gasteiger partial charge in [-0.2, -0.15) is 0 Å². The Bertz CT molecular complexity index is 812. The number of hydrogen-bond donors (Lipinski definition) is 1. The Morgan fingerprint density at radius 1 is 1.00 bits per heavy atom. The van der Waals surface area contributed by atoms with E-state index in [0.29, 0.717) is 12.1 Å². The highest BCUT2D eigenvalue weighted by atomic mass is 16.2. The number of rotatable bonds is 7. The molecule has 1 fully saturated rings. The van der Waals surface area contributed by atoms with Crippen molar-refractivity contribution in [1.82, 2.24) is 15.1 Å². The van der Waals surface area contributed by atoms with Crippen molar-refractivity contribution in [3.05, 3.63) is 71.3 Å². The first-order valence-electron chi connectivity index (χ1n) is 10.4. The SMILES string of the molecule is CN(C)C(=O)c1cccc(CCNC(=O)C2CCN(Cc3ccccc3)CC2)c1. The summed E-state index contributed by atoms with van der Waals surface area (Å²) in [4.78, 5) is 28.6. The fraction of sp³-hybridized carbons (Fsp3) is 0.417. The second kappa shape index (κ2) is 10.2. The van der Waals surface area contributed by atoms with Gasteiger partial charge in [-0.05, 0) is 55.6 Å². The molecule has 3 rings (SSSR count). The van der Waals surface area contributed by atoms with Crippen LogP contribution >= 0.6 is 0 Å². The molecule has 1 saturated heterocycles. The number of amides is 2. The van der Waals surface area contributed by atoms with E-state index in [1.165, 1.54) is 5.56 Å². The quantitative estimate of drug-likeness (QED) is 0.787. The van der Waals surface area contributed by atoms with Gasteiger partial charge in [0.25, 0.3) is 5.91 Å². The minimum atomic E-state index is -0.00171. The number of carbonyl (C=O) groups excluding carboxylic acids is 2. The second-order valence-corrected chi connectivity index (χ2v) is 7.98. The molecule has 1 aliphatic heterocycles. The van der Waals surface area contributed by atoms with E-state index in [9.17, 15) is 9.59 Å². The standard InChI is InChI=1S/C24H31N3O2/c1-26(2)24(29)22-10-6-9-19(17-22)11-14-25-23(28)21-12-15-27(16-13-21)18-20-7-4-3-5-8-20/h3-10,17,21H,11-16,18H2,1-2H3,(H,25,28). The van der Waals surface area contributed by atoms with Gasteiger partial charge in [0.15, 0.2) is 0 Å². The Morgan fingerprint density at radius 3 is 2.38 bits per heavy atom. The van der Waals surface area contributed by atoms with E-state index in [1.54, 1.807) is 19.0 Å². The smallest absolute Gasteiger partial charge is 0.253 e. The van der Waals surface area contributed by atoms with Crippen LogP contribution in [0.2, 0.25) is 0 Å². The average molecular weight is 394 g/mol. The van der Waals surface area contributed by atoms with E-state index >= 15 is 0 Å². The lowest BCUT2D eigenvalue weighted by Gasteiger charge is -2.31. The van der Waals surface area contributed by atoms with E-state index in [-0.39, 0.29) is 17.7 Å². The Balaban J connectivity index is 1.40. The predicted octanol–water partition coefficient (Wildman–Crippen LogP) is 2.96. The molecule has 0 unspecified atom stereocenters. The molecule has 0 saturated carbocycles. The zero-order valence-corrected chi connectivity index (χ0v) is 17.4. The number of hydrogen-bond acceptors (Lipinski definition) is 3. The highest BCUT2D eigenvalue weighted by Crippen LogP contribution is 2.19. The number of benzene rings is 2. The van der Waals surface area contributed by atoms with Gasteiger partial charge in [-0.25, -0.2) is 0 Å². The van der Waals surface area contributed by atoms with Gasteiger partial charge in [0, 0.05) is 38.7 Å². The van der Waals surface area contributed by atoms with Crippen LogP contribution in [0.5, 0.6) is 0 Å². The molecule has 154 valence electrons. The summed E-state index contributed by atoms with van der Waals surface area (Å²) in [5.74, 6) is 0.256. The van der Waals surface area contributed by atoms with Crippen molar-refractivity contribution in [3.63, 3.8) is 0 Å². The van der Waals surface area contributed by atoms with Crippen LogP contribution in [-0.4, -0.2) is 55.3 Å². The van der Waals surface area contributed by atoms with Crippen molar-refractivity contribution < 1.29 is 9.59 Å². The van der Waals surface area contributed by atoms with Crippen LogP contribution in [0, 0.1) is 5.92 Å². The summed E-state index contributed by atoms with van der Waals surface area (Å²) in [5, 5.41) is 3.08. The minimum Gasteiger partial charge on any atom is -0.356 e. The molecule has 0 radical (unpaired) electrons. The zero-order valence-electron chi connectivity index (χ0n) is 17.4. The van der Waals surface area contributed by atoms with Gasteiger partial charge in [-0.3, -0.25) is 14.5 Å². The molecule has 5 heteroatoms. The molecule has 0 aliphatic carbocycles. The summed E-state index contributed by atoms with van der Waals surface area (Å²) in [7, 11) is 3.50. The lowest BCUT2D eigenvalue weighted by molar-refractivity contribution is -0.126. The molecule has 2 amide bonds. The average Bonchev–Trinajstić information content (AvgIpc) is 2.74. The van der Waals surface area contributed by atoms with Crippen molar-refractivity contribution in [3.8, 4) is 0 Å². The first kappa shape index (κ1) is 21.1. The van der Waals surface area contributed by atoms with Gasteiger partial charge in [-0.15, -0.1) is 0 Å². The minimum absolute atomic E-state index is 0.00171. The van der Waals surface area contributed by atoms with Crippen molar-refractivity contribution in [2.75, 3.05) is 33.7 Å². The number of nitrogens with zero attached hydrogens (tertiary/aromatic N) is 2. The highest BCUT2D eigenvalue weighted by Gasteiger charge is 2.24. The van der Waals surface area contributed by atoms with E-state index < -0.39 is 0 Å². The van der Waals surface area contributed by atoms with Crippen LogP contribution < -0.4 is 5.32 Å². The predicted molar refractivity (Wildman–Crippen MR) is 116 cm³/mol. The lowest BCUT2D eigenvalue weighted by Crippen LogP contribution is -2.40. The maximum Gasteiger partial charge on any atom is 0.253 e. The molecular weight excluding hydrogens is 362 g/mol. The van der Waals surface area contributed by atoms with E-state index in [2.05, 4.69) is 34.5 Å². The maximum atomic E-state index is 12.5.